The van der Waals surface area contributed by atoms with Crippen LogP contribution in [-0.4, -0.2) is 22.8 Å². The number of nitrogens with one attached hydrogen (secondary N) is 2. The Morgan fingerprint density at radius 2 is 1.62 bits per heavy atom. The van der Waals surface area contributed by atoms with Gasteiger partial charge in [-0.05, 0) is 24.6 Å². The second-order valence-corrected chi connectivity index (χ2v) is 5.89. The quantitative estimate of drug-likeness (QED) is 0.347. The lowest BCUT2D eigenvalue weighted by molar-refractivity contribution is 0.808. The molecule has 1 aromatic heterocycles. The fraction of sp³-hybridized carbons (Fsp3) is 0.200. The molecule has 136 valence electrons. The molecule has 6 heteroatoms. The standard InChI is InChI=1S/C20H23N5.HI/c1-16-8-10-17(11-9-16)12-22-20(21-2)23-13-18-14-24-25(15-18)19-6-4-3-5-7-19;/h3-11,14-15H,12-13H2,1-2H3,(H2,21,22,23);1H. The zero-order valence-electron chi connectivity index (χ0n) is 15.0. The van der Waals surface area contributed by atoms with Crippen LogP contribution in [0.2, 0.25) is 0 Å². The summed E-state index contributed by atoms with van der Waals surface area (Å²) in [6.07, 6.45) is 3.89. The smallest absolute Gasteiger partial charge is 0.191 e. The van der Waals surface area contributed by atoms with E-state index in [1.54, 1.807) is 7.05 Å². The largest absolute Gasteiger partial charge is 0.352 e. The fourth-order valence-electron chi connectivity index (χ4n) is 2.47. The van der Waals surface area contributed by atoms with Crippen molar-refractivity contribution in [3.05, 3.63) is 83.7 Å². The number of rotatable bonds is 5. The molecule has 0 saturated heterocycles. The van der Waals surface area contributed by atoms with Crippen LogP contribution in [0, 0.1) is 6.92 Å². The van der Waals surface area contributed by atoms with Crippen LogP contribution in [0.15, 0.2) is 72.0 Å². The van der Waals surface area contributed by atoms with Crippen LogP contribution >= 0.6 is 24.0 Å². The minimum absolute atomic E-state index is 0. The lowest BCUT2D eigenvalue weighted by Crippen LogP contribution is -2.36. The van der Waals surface area contributed by atoms with E-state index in [1.807, 2.05) is 47.4 Å². The summed E-state index contributed by atoms with van der Waals surface area (Å²) in [7, 11) is 1.78. The van der Waals surface area contributed by atoms with Crippen molar-refractivity contribution in [3.63, 3.8) is 0 Å². The predicted octanol–water partition coefficient (Wildman–Crippen LogP) is 3.66. The molecule has 26 heavy (non-hydrogen) atoms. The molecule has 0 aliphatic carbocycles. The monoisotopic (exact) mass is 461 g/mol. The molecule has 0 radical (unpaired) electrons. The van der Waals surface area contributed by atoms with Gasteiger partial charge in [0.05, 0.1) is 11.9 Å². The average molecular weight is 461 g/mol. The van der Waals surface area contributed by atoms with Crippen molar-refractivity contribution in [1.29, 1.82) is 0 Å². The highest BCUT2D eigenvalue weighted by Crippen LogP contribution is 2.07. The third kappa shape index (κ3) is 5.59. The van der Waals surface area contributed by atoms with Crippen molar-refractivity contribution >= 4 is 29.9 Å². The number of aryl methyl sites for hydroxylation is 1. The third-order valence-electron chi connectivity index (χ3n) is 3.92. The van der Waals surface area contributed by atoms with Crippen molar-refractivity contribution in [2.75, 3.05) is 7.05 Å². The van der Waals surface area contributed by atoms with E-state index in [1.165, 1.54) is 11.1 Å². The van der Waals surface area contributed by atoms with E-state index in [0.717, 1.165) is 23.8 Å². The van der Waals surface area contributed by atoms with Crippen LogP contribution in [0.5, 0.6) is 0 Å². The fourth-order valence-corrected chi connectivity index (χ4v) is 2.47. The summed E-state index contributed by atoms with van der Waals surface area (Å²) in [5, 5.41) is 11.1. The minimum atomic E-state index is 0. The lowest BCUT2D eigenvalue weighted by Gasteiger charge is -2.11. The number of para-hydroxylation sites is 1. The Morgan fingerprint density at radius 3 is 2.27 bits per heavy atom. The Morgan fingerprint density at radius 1 is 0.962 bits per heavy atom. The zero-order chi connectivity index (χ0) is 17.5. The summed E-state index contributed by atoms with van der Waals surface area (Å²) in [6.45, 7) is 3.50. The van der Waals surface area contributed by atoms with Crippen molar-refractivity contribution < 1.29 is 0 Å². The molecule has 3 aromatic rings. The molecule has 5 nitrogen and oxygen atoms in total. The second kappa shape index (κ2) is 9.96. The van der Waals surface area contributed by atoms with Gasteiger partial charge in [0.1, 0.15) is 0 Å². The van der Waals surface area contributed by atoms with Gasteiger partial charge in [0, 0.05) is 31.9 Å². The van der Waals surface area contributed by atoms with Crippen LogP contribution in [0.1, 0.15) is 16.7 Å². The van der Waals surface area contributed by atoms with Gasteiger partial charge in [-0.25, -0.2) is 4.68 Å². The van der Waals surface area contributed by atoms with Gasteiger partial charge in [-0.1, -0.05) is 48.0 Å². The van der Waals surface area contributed by atoms with E-state index in [9.17, 15) is 0 Å². The highest BCUT2D eigenvalue weighted by Gasteiger charge is 2.03. The number of guanidine groups is 1. The molecule has 0 unspecified atom stereocenters. The maximum Gasteiger partial charge on any atom is 0.191 e. The Hall–Kier alpha value is -2.35. The van der Waals surface area contributed by atoms with E-state index in [4.69, 9.17) is 0 Å². The molecule has 2 aromatic carbocycles. The van der Waals surface area contributed by atoms with Crippen molar-refractivity contribution in [2.24, 2.45) is 4.99 Å². The Kier molecular flexibility index (Phi) is 7.65. The maximum atomic E-state index is 4.41. The van der Waals surface area contributed by atoms with Crippen molar-refractivity contribution in [1.82, 2.24) is 20.4 Å². The molecular weight excluding hydrogens is 437 g/mol. The third-order valence-corrected chi connectivity index (χ3v) is 3.92. The number of aromatic nitrogens is 2. The number of aliphatic imine (C=N–C) groups is 1. The zero-order valence-corrected chi connectivity index (χ0v) is 17.3. The first-order valence-corrected chi connectivity index (χ1v) is 8.33. The topological polar surface area (TPSA) is 54.2 Å². The summed E-state index contributed by atoms with van der Waals surface area (Å²) in [5.74, 6) is 0.771. The first-order chi connectivity index (χ1) is 12.2. The molecule has 0 bridgehead atoms. The van der Waals surface area contributed by atoms with E-state index in [-0.39, 0.29) is 24.0 Å². The Bertz CT molecular complexity index is 825. The van der Waals surface area contributed by atoms with Crippen LogP contribution < -0.4 is 10.6 Å². The summed E-state index contributed by atoms with van der Waals surface area (Å²) < 4.78 is 1.87. The predicted molar refractivity (Wildman–Crippen MR) is 117 cm³/mol. The number of hydrogen-bond donors (Lipinski definition) is 2. The molecule has 3 rings (SSSR count). The van der Waals surface area contributed by atoms with Gasteiger partial charge >= 0.3 is 0 Å². The van der Waals surface area contributed by atoms with E-state index in [0.29, 0.717) is 6.54 Å². The van der Waals surface area contributed by atoms with Gasteiger partial charge in [-0.15, -0.1) is 24.0 Å². The molecule has 0 saturated carbocycles. The van der Waals surface area contributed by atoms with Gasteiger partial charge in [0.15, 0.2) is 5.96 Å². The molecule has 2 N–H and O–H groups in total. The molecule has 0 fully saturated rings. The number of nitrogens with zero attached hydrogens (tertiary/aromatic N) is 3. The van der Waals surface area contributed by atoms with Crippen LogP contribution in [0.4, 0.5) is 0 Å². The molecule has 0 aliphatic heterocycles. The van der Waals surface area contributed by atoms with Gasteiger partial charge < -0.3 is 10.6 Å². The summed E-state index contributed by atoms with van der Waals surface area (Å²) >= 11 is 0. The molecular formula is C20H24IN5. The maximum absolute atomic E-state index is 4.41. The first kappa shape index (κ1) is 20.0. The normalized spacial score (nSPS) is 10.9. The van der Waals surface area contributed by atoms with E-state index in [2.05, 4.69) is 51.9 Å². The van der Waals surface area contributed by atoms with Gasteiger partial charge in [-0.2, -0.15) is 5.10 Å². The Balaban J connectivity index is 0.00000243. The summed E-state index contributed by atoms with van der Waals surface area (Å²) in [4.78, 5) is 4.27. The molecule has 0 atom stereocenters. The van der Waals surface area contributed by atoms with Crippen molar-refractivity contribution in [2.45, 2.75) is 20.0 Å². The highest BCUT2D eigenvalue weighted by atomic mass is 127. The van der Waals surface area contributed by atoms with Crippen LogP contribution in [0.25, 0.3) is 5.69 Å². The molecule has 0 spiro atoms. The minimum Gasteiger partial charge on any atom is -0.352 e. The number of halogens is 1. The summed E-state index contributed by atoms with van der Waals surface area (Å²) in [6, 6.07) is 18.6. The number of hydrogen-bond acceptors (Lipinski definition) is 2. The molecule has 1 heterocycles. The SMILES string of the molecule is CN=C(NCc1ccc(C)cc1)NCc1cnn(-c2ccccc2)c1.I. The van der Waals surface area contributed by atoms with Gasteiger partial charge in [-0.3, -0.25) is 4.99 Å². The summed E-state index contributed by atoms with van der Waals surface area (Å²) in [5.41, 5.74) is 4.64. The lowest BCUT2D eigenvalue weighted by atomic mass is 10.1. The van der Waals surface area contributed by atoms with E-state index < -0.39 is 0 Å². The van der Waals surface area contributed by atoms with Gasteiger partial charge in [0.25, 0.3) is 0 Å². The van der Waals surface area contributed by atoms with Crippen molar-refractivity contribution in [3.8, 4) is 5.69 Å². The molecule has 0 aliphatic rings. The number of benzene rings is 2. The van der Waals surface area contributed by atoms with E-state index >= 15 is 0 Å². The molecule has 0 amide bonds. The van der Waals surface area contributed by atoms with Crippen LogP contribution in [-0.2, 0) is 13.1 Å². The highest BCUT2D eigenvalue weighted by molar-refractivity contribution is 14.0. The van der Waals surface area contributed by atoms with Gasteiger partial charge in [0.2, 0.25) is 0 Å². The average Bonchev–Trinajstić information content (AvgIpc) is 3.13. The second-order valence-electron chi connectivity index (χ2n) is 5.89. The van der Waals surface area contributed by atoms with Crippen LogP contribution in [0.3, 0.4) is 0 Å². The first-order valence-electron chi connectivity index (χ1n) is 8.33. The Labute approximate surface area is 171 Å².